The van der Waals surface area contributed by atoms with Crippen molar-refractivity contribution in [1.82, 2.24) is 26.6 Å². The van der Waals surface area contributed by atoms with E-state index < -0.39 is 48.5 Å². The molecule has 3 atom stereocenters. The number of urea groups is 1. The molecule has 3 rings (SSSR count). The number of rotatable bonds is 21. The third kappa shape index (κ3) is 13.4. The van der Waals surface area contributed by atoms with Gasteiger partial charge in [0.25, 0.3) is 0 Å². The Kier molecular flexibility index (Phi) is 16.4. The molecule has 15 nitrogen and oxygen atoms in total. The number of amides is 4. The van der Waals surface area contributed by atoms with Crippen molar-refractivity contribution >= 4 is 46.5 Å². The highest BCUT2D eigenvalue weighted by Gasteiger charge is 2.30. The molecule has 1 aliphatic rings. The van der Waals surface area contributed by atoms with Crippen LogP contribution in [0.4, 0.5) is 4.79 Å². The van der Waals surface area contributed by atoms with Crippen LogP contribution >= 0.6 is 0 Å². The van der Waals surface area contributed by atoms with Crippen molar-refractivity contribution < 1.29 is 48.8 Å². The van der Waals surface area contributed by atoms with Crippen molar-refractivity contribution in [3.05, 3.63) is 42.0 Å². The highest BCUT2D eigenvalue weighted by molar-refractivity contribution is 5.91. The second-order valence-electron chi connectivity index (χ2n) is 13.0. The van der Waals surface area contributed by atoms with Gasteiger partial charge in [-0.1, -0.05) is 30.3 Å². The first kappa shape index (κ1) is 40.5. The quantitative estimate of drug-likeness (QED) is 0.0877. The van der Waals surface area contributed by atoms with E-state index in [0.717, 1.165) is 55.0 Å². The van der Waals surface area contributed by atoms with Crippen molar-refractivity contribution in [2.45, 2.75) is 88.8 Å². The second-order valence-corrected chi connectivity index (χ2v) is 13.0. The highest BCUT2D eigenvalue weighted by Crippen LogP contribution is 2.31. The standard InChI is InChI=1S/C36H51N5O10/c1-37-18-16-22-10-12-24(13-11-22)32(44)39-29(20-23-19-25-7-3-4-8-26(25)30(21-23)51-2)33(45)38-17-6-5-9-27(34(46)47)40-36(50)41-28(35(48)49)14-15-31(42)43/h3-4,7-8,19,21-22,24,27-29,37H,5-6,9-18,20H2,1-2H3,(H,38,45)(H,39,44)(H,42,43)(H,46,47)(H,48,49)(H2,40,41,50). The van der Waals surface area contributed by atoms with Crippen LogP contribution in [0.2, 0.25) is 0 Å². The van der Waals surface area contributed by atoms with Crippen molar-refractivity contribution in [3.8, 4) is 5.75 Å². The second kappa shape index (κ2) is 20.7. The molecule has 0 radical (unpaired) electrons. The molecule has 4 amide bonds. The molecule has 3 unspecified atom stereocenters. The molecule has 0 bridgehead atoms. The van der Waals surface area contributed by atoms with E-state index in [1.165, 1.54) is 0 Å². The van der Waals surface area contributed by atoms with Crippen molar-refractivity contribution in [1.29, 1.82) is 0 Å². The first-order valence-corrected chi connectivity index (χ1v) is 17.4. The molecule has 51 heavy (non-hydrogen) atoms. The maximum atomic E-state index is 13.5. The van der Waals surface area contributed by atoms with E-state index in [1.54, 1.807) is 7.11 Å². The van der Waals surface area contributed by atoms with E-state index in [9.17, 15) is 39.0 Å². The summed E-state index contributed by atoms with van der Waals surface area (Å²) < 4.78 is 5.61. The van der Waals surface area contributed by atoms with Gasteiger partial charge in [-0.2, -0.15) is 0 Å². The number of nitrogens with one attached hydrogen (secondary N) is 5. The summed E-state index contributed by atoms with van der Waals surface area (Å²) in [5.74, 6) is -3.52. The van der Waals surface area contributed by atoms with Gasteiger partial charge in [-0.15, -0.1) is 0 Å². The number of benzene rings is 2. The Bertz CT molecular complexity index is 1510. The molecule has 0 aliphatic heterocycles. The summed E-state index contributed by atoms with van der Waals surface area (Å²) in [6.45, 7) is 1.11. The van der Waals surface area contributed by atoms with Crippen LogP contribution in [0.25, 0.3) is 10.8 Å². The fourth-order valence-electron chi connectivity index (χ4n) is 6.37. The van der Waals surface area contributed by atoms with E-state index in [2.05, 4.69) is 26.6 Å². The van der Waals surface area contributed by atoms with E-state index in [-0.39, 0.29) is 50.0 Å². The lowest BCUT2D eigenvalue weighted by Crippen LogP contribution is -2.51. The summed E-state index contributed by atoms with van der Waals surface area (Å²) in [5, 5.41) is 42.8. The average molecular weight is 714 g/mol. The first-order chi connectivity index (χ1) is 24.4. The number of aliphatic carboxylic acids is 3. The van der Waals surface area contributed by atoms with E-state index in [4.69, 9.17) is 9.84 Å². The normalized spacial score (nSPS) is 17.4. The minimum Gasteiger partial charge on any atom is -0.496 e. The fraction of sp³-hybridized carbons (Fsp3) is 0.556. The predicted octanol–water partition coefficient (Wildman–Crippen LogP) is 2.65. The lowest BCUT2D eigenvalue weighted by molar-refractivity contribution is -0.141. The van der Waals surface area contributed by atoms with Crippen LogP contribution in [-0.2, 0) is 30.4 Å². The monoisotopic (exact) mass is 713 g/mol. The molecule has 2 aromatic carbocycles. The van der Waals surface area contributed by atoms with Gasteiger partial charge in [-0.05, 0) is 94.3 Å². The van der Waals surface area contributed by atoms with Gasteiger partial charge < -0.3 is 46.6 Å². The van der Waals surface area contributed by atoms with Gasteiger partial charge in [0.1, 0.15) is 23.9 Å². The van der Waals surface area contributed by atoms with Crippen molar-refractivity contribution in [3.63, 3.8) is 0 Å². The molecule has 1 saturated carbocycles. The van der Waals surface area contributed by atoms with Crippen LogP contribution in [0.3, 0.4) is 0 Å². The number of carboxylic acids is 3. The minimum absolute atomic E-state index is 0.0144. The largest absolute Gasteiger partial charge is 0.496 e. The summed E-state index contributed by atoms with van der Waals surface area (Å²) >= 11 is 0. The molecule has 0 saturated heterocycles. The van der Waals surface area contributed by atoms with Crippen LogP contribution in [0.5, 0.6) is 5.75 Å². The SMILES string of the molecule is CNCCC1CCC(C(=O)NC(Cc2cc(OC)c3ccccc3c2)C(=O)NCCCCC(NC(=O)NC(CCC(=O)O)C(=O)O)C(=O)O)CC1. The Balaban J connectivity index is 1.60. The van der Waals surface area contributed by atoms with Gasteiger partial charge in [0, 0.05) is 30.7 Å². The minimum atomic E-state index is -1.51. The topological polar surface area (TPSA) is 232 Å². The van der Waals surface area contributed by atoms with Crippen LogP contribution in [0.15, 0.2) is 36.4 Å². The number of carboxylic acid groups (broad SMARTS) is 3. The van der Waals surface area contributed by atoms with Crippen molar-refractivity contribution in [2.75, 3.05) is 27.2 Å². The van der Waals surface area contributed by atoms with E-state index in [1.807, 2.05) is 43.4 Å². The zero-order valence-corrected chi connectivity index (χ0v) is 29.2. The van der Waals surface area contributed by atoms with Crippen LogP contribution in [0, 0.1) is 11.8 Å². The molecule has 2 aromatic rings. The predicted molar refractivity (Wildman–Crippen MR) is 188 cm³/mol. The van der Waals surface area contributed by atoms with Gasteiger partial charge in [-0.25, -0.2) is 14.4 Å². The molecule has 8 N–H and O–H groups in total. The molecule has 1 aliphatic carbocycles. The van der Waals surface area contributed by atoms with E-state index >= 15 is 0 Å². The summed E-state index contributed by atoms with van der Waals surface area (Å²) in [7, 11) is 3.51. The average Bonchev–Trinajstić information content (AvgIpc) is 3.10. The first-order valence-electron chi connectivity index (χ1n) is 17.4. The number of fused-ring (bicyclic) bond motifs is 1. The maximum Gasteiger partial charge on any atom is 0.326 e. The van der Waals surface area contributed by atoms with Gasteiger partial charge in [0.05, 0.1) is 7.11 Å². The number of methoxy groups -OCH3 is 1. The Labute approximate surface area is 297 Å². The third-order valence-electron chi connectivity index (χ3n) is 9.27. The molecular weight excluding hydrogens is 662 g/mol. The fourth-order valence-corrected chi connectivity index (χ4v) is 6.37. The lowest BCUT2D eigenvalue weighted by Gasteiger charge is -2.29. The smallest absolute Gasteiger partial charge is 0.326 e. The Hall–Kier alpha value is -4.92. The molecule has 280 valence electrons. The van der Waals surface area contributed by atoms with Gasteiger partial charge in [0.2, 0.25) is 11.8 Å². The molecule has 15 heteroatoms. The summed E-state index contributed by atoms with van der Waals surface area (Å²) in [5.41, 5.74) is 0.809. The van der Waals surface area contributed by atoms with Crippen LogP contribution in [-0.4, -0.2) is 96.4 Å². The Morgan fingerprint density at radius 3 is 2.12 bits per heavy atom. The maximum absolute atomic E-state index is 13.5. The van der Waals surface area contributed by atoms with E-state index in [0.29, 0.717) is 18.1 Å². The molecule has 0 heterocycles. The van der Waals surface area contributed by atoms with Gasteiger partial charge in [-0.3, -0.25) is 14.4 Å². The third-order valence-corrected chi connectivity index (χ3v) is 9.27. The van der Waals surface area contributed by atoms with Crippen LogP contribution in [0.1, 0.15) is 69.8 Å². The highest BCUT2D eigenvalue weighted by atomic mass is 16.5. The molecular formula is C36H51N5O10. The molecule has 1 fully saturated rings. The van der Waals surface area contributed by atoms with Crippen LogP contribution < -0.4 is 31.3 Å². The number of carbonyl (C=O) groups is 6. The number of unbranched alkanes of at least 4 members (excludes halogenated alkanes) is 1. The number of ether oxygens (including phenoxy) is 1. The zero-order chi connectivity index (χ0) is 37.3. The molecule has 0 spiro atoms. The summed E-state index contributed by atoms with van der Waals surface area (Å²) in [4.78, 5) is 73.2. The summed E-state index contributed by atoms with van der Waals surface area (Å²) in [6, 6.07) is 6.78. The van der Waals surface area contributed by atoms with Gasteiger partial charge in [0.15, 0.2) is 0 Å². The Morgan fingerprint density at radius 1 is 0.824 bits per heavy atom. The van der Waals surface area contributed by atoms with Gasteiger partial charge >= 0.3 is 23.9 Å². The Morgan fingerprint density at radius 2 is 1.49 bits per heavy atom. The number of hydrogen-bond donors (Lipinski definition) is 8. The number of hydrogen-bond acceptors (Lipinski definition) is 8. The zero-order valence-electron chi connectivity index (χ0n) is 29.2. The van der Waals surface area contributed by atoms with Crippen molar-refractivity contribution in [2.24, 2.45) is 11.8 Å². The lowest BCUT2D eigenvalue weighted by atomic mass is 9.80. The number of carbonyl (C=O) groups excluding carboxylic acids is 3. The molecule has 0 aromatic heterocycles. The summed E-state index contributed by atoms with van der Waals surface area (Å²) in [6.07, 6.45) is 4.48.